The number of amides is 2. The molecular formula is C12H16N4O3. The lowest BCUT2D eigenvalue weighted by molar-refractivity contribution is -0.131. The number of nitrogens with one attached hydrogen (secondary N) is 1. The SMILES string of the molecule is CC(=O)NCC(=O)N1CC[C@@H](Oc2ncccn2)C1. The quantitative estimate of drug-likeness (QED) is 0.799. The number of likely N-dealkylation sites (tertiary alicyclic amines) is 1. The van der Waals surface area contributed by atoms with Gasteiger partial charge >= 0.3 is 6.01 Å². The fourth-order valence-electron chi connectivity index (χ4n) is 1.86. The summed E-state index contributed by atoms with van der Waals surface area (Å²) in [7, 11) is 0. The zero-order chi connectivity index (χ0) is 13.7. The molecule has 7 heteroatoms. The normalized spacial score (nSPS) is 18.2. The van der Waals surface area contributed by atoms with Crippen LogP contribution in [-0.4, -0.2) is 52.4 Å². The second-order valence-electron chi connectivity index (χ2n) is 4.31. The van der Waals surface area contributed by atoms with Crippen LogP contribution in [0.5, 0.6) is 6.01 Å². The molecule has 2 amide bonds. The van der Waals surface area contributed by atoms with Crippen molar-refractivity contribution >= 4 is 11.8 Å². The fourth-order valence-corrected chi connectivity index (χ4v) is 1.86. The van der Waals surface area contributed by atoms with Gasteiger partial charge in [0.15, 0.2) is 0 Å². The molecule has 0 spiro atoms. The summed E-state index contributed by atoms with van der Waals surface area (Å²) in [5, 5.41) is 2.49. The number of aromatic nitrogens is 2. The van der Waals surface area contributed by atoms with Crippen molar-refractivity contribution in [3.05, 3.63) is 18.5 Å². The molecule has 2 rings (SSSR count). The molecule has 19 heavy (non-hydrogen) atoms. The van der Waals surface area contributed by atoms with Crippen LogP contribution in [0.25, 0.3) is 0 Å². The van der Waals surface area contributed by atoms with Gasteiger partial charge in [-0.25, -0.2) is 9.97 Å². The minimum absolute atomic E-state index is 0.0316. The maximum absolute atomic E-state index is 11.8. The number of hydrogen-bond acceptors (Lipinski definition) is 5. The van der Waals surface area contributed by atoms with E-state index in [0.29, 0.717) is 19.1 Å². The Labute approximate surface area is 111 Å². The van der Waals surface area contributed by atoms with Crippen molar-refractivity contribution in [3.63, 3.8) is 0 Å². The van der Waals surface area contributed by atoms with Gasteiger partial charge in [0.25, 0.3) is 0 Å². The Balaban J connectivity index is 1.80. The lowest BCUT2D eigenvalue weighted by atomic mass is 10.3. The Kier molecular flexibility index (Phi) is 4.27. The second kappa shape index (κ2) is 6.12. The Morgan fingerprint density at radius 3 is 2.89 bits per heavy atom. The first kappa shape index (κ1) is 13.3. The van der Waals surface area contributed by atoms with Crippen molar-refractivity contribution in [2.45, 2.75) is 19.4 Å². The molecule has 2 heterocycles. The molecule has 1 aromatic heterocycles. The van der Waals surface area contributed by atoms with Crippen LogP contribution in [0.15, 0.2) is 18.5 Å². The van der Waals surface area contributed by atoms with Gasteiger partial charge in [-0.05, 0) is 6.07 Å². The third kappa shape index (κ3) is 3.90. The van der Waals surface area contributed by atoms with E-state index in [0.717, 1.165) is 6.42 Å². The Hall–Kier alpha value is -2.18. The van der Waals surface area contributed by atoms with Gasteiger partial charge in [0.2, 0.25) is 11.8 Å². The van der Waals surface area contributed by atoms with E-state index in [4.69, 9.17) is 4.74 Å². The zero-order valence-electron chi connectivity index (χ0n) is 10.7. The van der Waals surface area contributed by atoms with E-state index in [1.54, 1.807) is 23.4 Å². The van der Waals surface area contributed by atoms with E-state index < -0.39 is 0 Å². The van der Waals surface area contributed by atoms with Gasteiger partial charge in [-0.1, -0.05) is 0 Å². The maximum atomic E-state index is 11.8. The third-order valence-corrected chi connectivity index (χ3v) is 2.80. The number of hydrogen-bond donors (Lipinski definition) is 1. The zero-order valence-corrected chi connectivity index (χ0v) is 10.7. The van der Waals surface area contributed by atoms with E-state index in [1.807, 2.05) is 0 Å². The summed E-state index contributed by atoms with van der Waals surface area (Å²) < 4.78 is 5.58. The van der Waals surface area contributed by atoms with Crippen LogP contribution in [0.3, 0.4) is 0 Å². The van der Waals surface area contributed by atoms with E-state index in [9.17, 15) is 9.59 Å². The van der Waals surface area contributed by atoms with Crippen LogP contribution in [0, 0.1) is 0 Å². The standard InChI is InChI=1S/C12H16N4O3/c1-9(17)15-7-11(18)16-6-3-10(8-16)19-12-13-4-2-5-14-12/h2,4-5,10H,3,6-8H2,1H3,(H,15,17)/t10-/m1/s1. The largest absolute Gasteiger partial charge is 0.458 e. The molecule has 0 unspecified atom stereocenters. The van der Waals surface area contributed by atoms with Crippen molar-refractivity contribution in [3.8, 4) is 6.01 Å². The maximum Gasteiger partial charge on any atom is 0.316 e. The summed E-state index contributed by atoms with van der Waals surface area (Å²) in [4.78, 5) is 32.1. The first-order chi connectivity index (χ1) is 9.15. The summed E-state index contributed by atoms with van der Waals surface area (Å²) in [5.74, 6) is -0.312. The van der Waals surface area contributed by atoms with Crippen molar-refractivity contribution in [2.24, 2.45) is 0 Å². The highest BCUT2D eigenvalue weighted by Gasteiger charge is 2.27. The second-order valence-corrected chi connectivity index (χ2v) is 4.31. The molecule has 0 saturated carbocycles. The average molecular weight is 264 g/mol. The summed E-state index contributed by atoms with van der Waals surface area (Å²) in [6, 6.07) is 2.04. The molecular weight excluding hydrogens is 248 g/mol. The summed E-state index contributed by atoms with van der Waals surface area (Å²) in [6.07, 6.45) is 3.86. The molecule has 1 saturated heterocycles. The number of carbonyl (C=O) groups excluding carboxylic acids is 2. The topological polar surface area (TPSA) is 84.4 Å². The molecule has 1 atom stereocenters. The molecule has 1 aromatic rings. The lowest BCUT2D eigenvalue weighted by Gasteiger charge is -2.16. The monoisotopic (exact) mass is 264 g/mol. The summed E-state index contributed by atoms with van der Waals surface area (Å²) in [6.45, 7) is 2.53. The van der Waals surface area contributed by atoms with Gasteiger partial charge in [0, 0.05) is 32.3 Å². The van der Waals surface area contributed by atoms with Crippen LogP contribution < -0.4 is 10.1 Å². The van der Waals surface area contributed by atoms with Gasteiger partial charge in [-0.3, -0.25) is 9.59 Å². The van der Waals surface area contributed by atoms with Gasteiger partial charge in [-0.15, -0.1) is 0 Å². The highest BCUT2D eigenvalue weighted by Crippen LogP contribution is 2.14. The van der Waals surface area contributed by atoms with Crippen LogP contribution in [0.1, 0.15) is 13.3 Å². The molecule has 1 N–H and O–H groups in total. The molecule has 7 nitrogen and oxygen atoms in total. The van der Waals surface area contributed by atoms with E-state index in [2.05, 4.69) is 15.3 Å². The molecule has 0 radical (unpaired) electrons. The van der Waals surface area contributed by atoms with E-state index in [-0.39, 0.29) is 24.5 Å². The Bertz CT molecular complexity index is 452. The van der Waals surface area contributed by atoms with E-state index in [1.165, 1.54) is 6.92 Å². The van der Waals surface area contributed by atoms with Gasteiger partial charge < -0.3 is 15.0 Å². The van der Waals surface area contributed by atoms with Crippen LogP contribution in [0.2, 0.25) is 0 Å². The van der Waals surface area contributed by atoms with Crippen LogP contribution in [-0.2, 0) is 9.59 Å². The predicted octanol–water partition coefficient (Wildman–Crippen LogP) is -0.408. The molecule has 0 aliphatic carbocycles. The number of nitrogens with zero attached hydrogens (tertiary/aromatic N) is 3. The average Bonchev–Trinajstić information content (AvgIpc) is 2.85. The van der Waals surface area contributed by atoms with Gasteiger partial charge in [-0.2, -0.15) is 0 Å². The minimum atomic E-state index is -0.210. The van der Waals surface area contributed by atoms with Crippen molar-refractivity contribution in [2.75, 3.05) is 19.6 Å². The Morgan fingerprint density at radius 1 is 1.47 bits per heavy atom. The van der Waals surface area contributed by atoms with E-state index >= 15 is 0 Å². The molecule has 102 valence electrons. The molecule has 0 bridgehead atoms. The first-order valence-corrected chi connectivity index (χ1v) is 6.11. The number of ether oxygens (including phenoxy) is 1. The third-order valence-electron chi connectivity index (χ3n) is 2.80. The number of rotatable bonds is 4. The molecule has 1 fully saturated rings. The van der Waals surface area contributed by atoms with Crippen molar-refractivity contribution in [1.82, 2.24) is 20.2 Å². The Morgan fingerprint density at radius 2 is 2.21 bits per heavy atom. The van der Waals surface area contributed by atoms with Crippen LogP contribution in [0.4, 0.5) is 0 Å². The smallest absolute Gasteiger partial charge is 0.316 e. The summed E-state index contributed by atoms with van der Waals surface area (Å²) >= 11 is 0. The van der Waals surface area contributed by atoms with Crippen LogP contribution >= 0.6 is 0 Å². The molecule has 1 aliphatic heterocycles. The minimum Gasteiger partial charge on any atom is -0.458 e. The van der Waals surface area contributed by atoms with Gasteiger partial charge in [0.05, 0.1) is 13.1 Å². The highest BCUT2D eigenvalue weighted by atomic mass is 16.5. The molecule has 1 aliphatic rings. The van der Waals surface area contributed by atoms with Gasteiger partial charge in [0.1, 0.15) is 6.10 Å². The highest BCUT2D eigenvalue weighted by molar-refractivity contribution is 5.83. The first-order valence-electron chi connectivity index (χ1n) is 6.11. The summed E-state index contributed by atoms with van der Waals surface area (Å²) in [5.41, 5.74) is 0. The lowest BCUT2D eigenvalue weighted by Crippen LogP contribution is -2.39. The molecule has 0 aromatic carbocycles. The fraction of sp³-hybridized carbons (Fsp3) is 0.500. The van der Waals surface area contributed by atoms with Crippen molar-refractivity contribution < 1.29 is 14.3 Å². The number of carbonyl (C=O) groups is 2. The van der Waals surface area contributed by atoms with Crippen molar-refractivity contribution in [1.29, 1.82) is 0 Å². The predicted molar refractivity (Wildman–Crippen MR) is 66.3 cm³/mol.